The molecule has 0 unspecified atom stereocenters. The molecule has 3 heteroatoms. The van der Waals surface area contributed by atoms with Crippen LogP contribution in [0.25, 0.3) is 21.5 Å². The molecule has 0 fully saturated rings. The Kier molecular flexibility index (Phi) is 3.86. The third kappa shape index (κ3) is 2.46. The maximum absolute atomic E-state index is 2.28. The van der Waals surface area contributed by atoms with Gasteiger partial charge in [-0.2, -0.15) is 0 Å². The lowest BCUT2D eigenvalue weighted by atomic mass is 9.97. The second-order valence-corrected chi connectivity index (χ2v) is 5.55. The molecule has 0 aliphatic rings. The predicted molar refractivity (Wildman–Crippen MR) is 86.2 cm³/mol. The Morgan fingerprint density at radius 1 is 0.909 bits per heavy atom. The van der Waals surface area contributed by atoms with Crippen LogP contribution >= 0.6 is 0 Å². The molecule has 4 aromatic rings. The molecule has 0 saturated heterocycles. The Balaban J connectivity index is 0.00000144. The highest BCUT2D eigenvalue weighted by atomic mass is 35.5. The summed E-state index contributed by atoms with van der Waals surface area (Å²) >= 11 is 0. The standard InChI is InChI=1S/C19H17N2.ClH/c1-20-10-11-21(14-20)13-19-17-8-4-2-6-15(17)12-16-7-3-5-9-18(16)19;/h2-12,14H,13H2,1H3;1H/q+1;/p-1. The van der Waals surface area contributed by atoms with Crippen LogP contribution in [0.2, 0.25) is 0 Å². The van der Waals surface area contributed by atoms with Gasteiger partial charge in [0.1, 0.15) is 18.9 Å². The van der Waals surface area contributed by atoms with Crippen molar-refractivity contribution >= 4 is 21.5 Å². The number of aryl methyl sites for hydroxylation is 1. The Labute approximate surface area is 136 Å². The lowest BCUT2D eigenvalue weighted by Gasteiger charge is -2.10. The van der Waals surface area contributed by atoms with E-state index < -0.39 is 0 Å². The van der Waals surface area contributed by atoms with E-state index in [2.05, 4.69) is 89.5 Å². The Morgan fingerprint density at radius 3 is 2.05 bits per heavy atom. The fourth-order valence-electron chi connectivity index (χ4n) is 3.06. The van der Waals surface area contributed by atoms with E-state index in [0.29, 0.717) is 0 Å². The van der Waals surface area contributed by atoms with Crippen LogP contribution in [0, 0.1) is 0 Å². The third-order valence-corrected chi connectivity index (χ3v) is 4.05. The fourth-order valence-corrected chi connectivity index (χ4v) is 3.06. The van der Waals surface area contributed by atoms with Crippen LogP contribution < -0.4 is 17.0 Å². The van der Waals surface area contributed by atoms with Crippen molar-refractivity contribution in [2.45, 2.75) is 6.54 Å². The van der Waals surface area contributed by atoms with Crippen molar-refractivity contribution in [1.29, 1.82) is 0 Å². The molecule has 0 aliphatic heterocycles. The lowest BCUT2D eigenvalue weighted by molar-refractivity contribution is -0.671. The first kappa shape index (κ1) is 14.6. The molecule has 0 atom stereocenters. The minimum atomic E-state index is 0. The molecule has 1 aromatic heterocycles. The van der Waals surface area contributed by atoms with Gasteiger partial charge in [0.2, 0.25) is 6.33 Å². The molecule has 110 valence electrons. The van der Waals surface area contributed by atoms with Crippen LogP contribution in [0.1, 0.15) is 5.56 Å². The molecule has 3 aromatic carbocycles. The summed E-state index contributed by atoms with van der Waals surface area (Å²) < 4.78 is 4.31. The lowest BCUT2D eigenvalue weighted by Crippen LogP contribution is -3.00. The van der Waals surface area contributed by atoms with Crippen LogP contribution in [-0.4, -0.2) is 4.57 Å². The summed E-state index contributed by atoms with van der Waals surface area (Å²) in [7, 11) is 2.05. The van der Waals surface area contributed by atoms with E-state index in [-0.39, 0.29) is 12.4 Å². The zero-order valence-corrected chi connectivity index (χ0v) is 13.2. The number of halogens is 1. The number of rotatable bonds is 2. The van der Waals surface area contributed by atoms with Crippen LogP contribution in [0.15, 0.2) is 73.3 Å². The van der Waals surface area contributed by atoms with Crippen LogP contribution in [-0.2, 0) is 13.6 Å². The Bertz CT molecular complexity index is 886. The number of hydrogen-bond acceptors (Lipinski definition) is 0. The smallest absolute Gasteiger partial charge is 0.243 e. The molecule has 0 N–H and O–H groups in total. The second kappa shape index (κ2) is 5.82. The van der Waals surface area contributed by atoms with E-state index >= 15 is 0 Å². The largest absolute Gasteiger partial charge is 1.00 e. The molecule has 0 bridgehead atoms. The van der Waals surface area contributed by atoms with Gasteiger partial charge in [-0.15, -0.1) is 0 Å². The van der Waals surface area contributed by atoms with E-state index in [4.69, 9.17) is 0 Å². The molecule has 0 amide bonds. The number of hydrogen-bond donors (Lipinski definition) is 0. The average Bonchev–Trinajstić information content (AvgIpc) is 2.92. The van der Waals surface area contributed by atoms with E-state index in [1.165, 1.54) is 27.1 Å². The average molecular weight is 309 g/mol. The first-order valence-electron chi connectivity index (χ1n) is 7.22. The highest BCUT2D eigenvalue weighted by molar-refractivity contribution is 6.02. The van der Waals surface area contributed by atoms with E-state index in [9.17, 15) is 0 Å². The molecule has 1 heterocycles. The van der Waals surface area contributed by atoms with Gasteiger partial charge in [-0.05, 0) is 27.6 Å². The highest BCUT2D eigenvalue weighted by Gasteiger charge is 2.10. The van der Waals surface area contributed by atoms with Crippen molar-refractivity contribution < 1.29 is 17.0 Å². The zero-order valence-electron chi connectivity index (χ0n) is 12.4. The number of benzene rings is 3. The van der Waals surface area contributed by atoms with Crippen molar-refractivity contribution in [3.63, 3.8) is 0 Å². The molecule has 0 saturated carbocycles. The minimum Gasteiger partial charge on any atom is -1.00 e. The molecular formula is C19H17ClN2. The summed E-state index contributed by atoms with van der Waals surface area (Å²) in [6.07, 6.45) is 6.32. The van der Waals surface area contributed by atoms with Gasteiger partial charge in [0, 0.05) is 5.56 Å². The van der Waals surface area contributed by atoms with Crippen molar-refractivity contribution in [1.82, 2.24) is 4.57 Å². The zero-order chi connectivity index (χ0) is 14.2. The number of fused-ring (bicyclic) bond motifs is 2. The van der Waals surface area contributed by atoms with E-state index in [1.807, 2.05) is 0 Å². The minimum absolute atomic E-state index is 0. The Morgan fingerprint density at radius 2 is 1.50 bits per heavy atom. The first-order valence-corrected chi connectivity index (χ1v) is 7.22. The third-order valence-electron chi connectivity index (χ3n) is 4.05. The molecule has 0 spiro atoms. The van der Waals surface area contributed by atoms with Crippen molar-refractivity contribution in [2.24, 2.45) is 7.05 Å². The van der Waals surface area contributed by atoms with Gasteiger partial charge < -0.3 is 12.4 Å². The summed E-state index contributed by atoms with van der Waals surface area (Å²) in [5.41, 5.74) is 1.39. The normalized spacial score (nSPS) is 10.8. The summed E-state index contributed by atoms with van der Waals surface area (Å²) in [6, 6.07) is 19.6. The molecular weight excluding hydrogens is 292 g/mol. The quantitative estimate of drug-likeness (QED) is 0.380. The highest BCUT2D eigenvalue weighted by Crippen LogP contribution is 2.28. The second-order valence-electron chi connectivity index (χ2n) is 5.55. The molecule has 0 aliphatic carbocycles. The summed E-state index contributed by atoms with van der Waals surface area (Å²) in [5.74, 6) is 0. The summed E-state index contributed by atoms with van der Waals surface area (Å²) in [6.45, 7) is 0.892. The number of nitrogens with zero attached hydrogens (tertiary/aromatic N) is 2. The van der Waals surface area contributed by atoms with Crippen molar-refractivity contribution in [3.8, 4) is 0 Å². The van der Waals surface area contributed by atoms with E-state index in [1.54, 1.807) is 0 Å². The fraction of sp³-hybridized carbons (Fsp3) is 0.105. The van der Waals surface area contributed by atoms with Gasteiger partial charge in [0.25, 0.3) is 0 Å². The summed E-state index contributed by atoms with van der Waals surface area (Å²) in [4.78, 5) is 0. The monoisotopic (exact) mass is 308 g/mol. The van der Waals surface area contributed by atoms with Gasteiger partial charge in [-0.3, -0.25) is 0 Å². The predicted octanol–water partition coefficient (Wildman–Crippen LogP) is 0.671. The van der Waals surface area contributed by atoms with Gasteiger partial charge in [0.05, 0.1) is 7.05 Å². The van der Waals surface area contributed by atoms with Gasteiger partial charge in [0.15, 0.2) is 0 Å². The number of imidazole rings is 1. The topological polar surface area (TPSA) is 8.81 Å². The van der Waals surface area contributed by atoms with Crippen molar-refractivity contribution in [2.75, 3.05) is 0 Å². The van der Waals surface area contributed by atoms with Gasteiger partial charge >= 0.3 is 0 Å². The van der Waals surface area contributed by atoms with E-state index in [0.717, 1.165) is 6.54 Å². The van der Waals surface area contributed by atoms with Gasteiger partial charge in [-0.25, -0.2) is 9.13 Å². The van der Waals surface area contributed by atoms with Crippen LogP contribution in [0.5, 0.6) is 0 Å². The van der Waals surface area contributed by atoms with Crippen LogP contribution in [0.3, 0.4) is 0 Å². The van der Waals surface area contributed by atoms with Crippen molar-refractivity contribution in [3.05, 3.63) is 78.9 Å². The maximum atomic E-state index is 2.28. The first-order chi connectivity index (χ1) is 10.3. The molecule has 22 heavy (non-hydrogen) atoms. The summed E-state index contributed by atoms with van der Waals surface area (Å²) in [5, 5.41) is 5.30. The molecule has 0 radical (unpaired) electrons. The SMILES string of the molecule is C[n+]1ccn(Cc2c3ccccc3cc3ccccc23)c1.[Cl-]. The maximum Gasteiger partial charge on any atom is 0.243 e. The Hall–Kier alpha value is -2.32. The number of aromatic nitrogens is 2. The van der Waals surface area contributed by atoms with Gasteiger partial charge in [-0.1, -0.05) is 48.5 Å². The van der Waals surface area contributed by atoms with Crippen LogP contribution in [0.4, 0.5) is 0 Å². The molecule has 2 nitrogen and oxygen atoms in total. The molecule has 4 rings (SSSR count).